The molecule has 0 fully saturated rings. The van der Waals surface area contributed by atoms with Gasteiger partial charge in [-0.2, -0.15) is 5.10 Å². The zero-order valence-electron chi connectivity index (χ0n) is 13.2. The number of aromatic nitrogens is 2. The topological polar surface area (TPSA) is 56.1 Å². The Hall–Kier alpha value is -2.82. The average Bonchev–Trinajstić information content (AvgIpc) is 2.89. The molecule has 0 unspecified atom stereocenters. The molecular weight excluding hydrogens is 290 g/mol. The Kier molecular flexibility index (Phi) is 4.28. The van der Waals surface area contributed by atoms with Crippen LogP contribution in [0.4, 0.5) is 0 Å². The SMILES string of the molecule is COc1c2ccc(C(=O)NCCc3ccccc3)cc2nn1C. The Labute approximate surface area is 134 Å². The third-order valence-electron chi connectivity index (χ3n) is 3.78. The Morgan fingerprint density at radius 1 is 1.22 bits per heavy atom. The van der Waals surface area contributed by atoms with Crippen LogP contribution in [0.3, 0.4) is 0 Å². The van der Waals surface area contributed by atoms with Crippen molar-refractivity contribution in [2.45, 2.75) is 6.42 Å². The van der Waals surface area contributed by atoms with Gasteiger partial charge in [0.15, 0.2) is 0 Å². The van der Waals surface area contributed by atoms with E-state index in [9.17, 15) is 4.79 Å². The van der Waals surface area contributed by atoms with Crippen LogP contribution in [0.2, 0.25) is 0 Å². The predicted octanol–water partition coefficient (Wildman–Crippen LogP) is 2.55. The number of ether oxygens (including phenoxy) is 1. The van der Waals surface area contributed by atoms with Crippen LogP contribution < -0.4 is 10.1 Å². The van der Waals surface area contributed by atoms with E-state index >= 15 is 0 Å². The quantitative estimate of drug-likeness (QED) is 0.788. The number of nitrogens with one attached hydrogen (secondary N) is 1. The Morgan fingerprint density at radius 3 is 2.74 bits per heavy atom. The van der Waals surface area contributed by atoms with Crippen molar-refractivity contribution in [3.8, 4) is 5.88 Å². The van der Waals surface area contributed by atoms with Gasteiger partial charge in [-0.15, -0.1) is 0 Å². The van der Waals surface area contributed by atoms with E-state index in [1.54, 1.807) is 23.9 Å². The van der Waals surface area contributed by atoms with Crippen molar-refractivity contribution in [3.63, 3.8) is 0 Å². The van der Waals surface area contributed by atoms with Crippen molar-refractivity contribution in [2.75, 3.05) is 13.7 Å². The van der Waals surface area contributed by atoms with E-state index in [-0.39, 0.29) is 5.91 Å². The lowest BCUT2D eigenvalue weighted by Crippen LogP contribution is -2.25. The molecule has 118 valence electrons. The summed E-state index contributed by atoms with van der Waals surface area (Å²) in [5.74, 6) is 0.600. The Bertz CT molecular complexity index is 825. The van der Waals surface area contributed by atoms with Gasteiger partial charge in [0, 0.05) is 19.2 Å². The number of amides is 1. The van der Waals surface area contributed by atoms with Gasteiger partial charge < -0.3 is 10.1 Å². The first kappa shape index (κ1) is 15.1. The zero-order valence-corrected chi connectivity index (χ0v) is 13.2. The zero-order chi connectivity index (χ0) is 16.2. The highest BCUT2D eigenvalue weighted by atomic mass is 16.5. The minimum Gasteiger partial charge on any atom is -0.481 e. The summed E-state index contributed by atoms with van der Waals surface area (Å²) in [4.78, 5) is 12.3. The molecule has 3 aromatic rings. The van der Waals surface area contributed by atoms with Crippen molar-refractivity contribution in [2.24, 2.45) is 7.05 Å². The lowest BCUT2D eigenvalue weighted by Gasteiger charge is -2.05. The first-order chi connectivity index (χ1) is 11.2. The molecule has 0 saturated carbocycles. The molecule has 1 N–H and O–H groups in total. The van der Waals surface area contributed by atoms with Crippen LogP contribution in [0.25, 0.3) is 10.9 Å². The highest BCUT2D eigenvalue weighted by molar-refractivity contribution is 5.98. The van der Waals surface area contributed by atoms with E-state index in [1.807, 2.05) is 31.3 Å². The summed E-state index contributed by atoms with van der Waals surface area (Å²) in [6.07, 6.45) is 0.812. The minimum atomic E-state index is -0.0903. The number of methoxy groups -OCH3 is 1. The summed E-state index contributed by atoms with van der Waals surface area (Å²) in [5, 5.41) is 8.21. The average molecular weight is 309 g/mol. The minimum absolute atomic E-state index is 0.0903. The second-order valence-electron chi connectivity index (χ2n) is 5.36. The number of fused-ring (bicyclic) bond motifs is 1. The third-order valence-corrected chi connectivity index (χ3v) is 3.78. The molecule has 1 heterocycles. The number of rotatable bonds is 5. The van der Waals surface area contributed by atoms with Crippen molar-refractivity contribution in [3.05, 3.63) is 59.7 Å². The van der Waals surface area contributed by atoms with Crippen LogP contribution in [-0.4, -0.2) is 29.3 Å². The van der Waals surface area contributed by atoms with Crippen LogP contribution in [0.1, 0.15) is 15.9 Å². The normalized spacial score (nSPS) is 10.7. The van der Waals surface area contributed by atoms with Gasteiger partial charge in [-0.25, -0.2) is 4.68 Å². The second kappa shape index (κ2) is 6.52. The first-order valence-corrected chi connectivity index (χ1v) is 7.52. The van der Waals surface area contributed by atoms with E-state index in [0.29, 0.717) is 18.0 Å². The first-order valence-electron chi connectivity index (χ1n) is 7.52. The smallest absolute Gasteiger partial charge is 0.251 e. The number of aryl methyl sites for hydroxylation is 1. The van der Waals surface area contributed by atoms with Crippen LogP contribution in [0.5, 0.6) is 5.88 Å². The van der Waals surface area contributed by atoms with Crippen LogP contribution >= 0.6 is 0 Å². The number of nitrogens with zero attached hydrogens (tertiary/aromatic N) is 2. The second-order valence-corrected chi connectivity index (χ2v) is 5.36. The Balaban J connectivity index is 1.69. The van der Waals surface area contributed by atoms with E-state index in [0.717, 1.165) is 17.3 Å². The fourth-order valence-electron chi connectivity index (χ4n) is 2.63. The number of carbonyl (C=O) groups is 1. The van der Waals surface area contributed by atoms with Gasteiger partial charge in [-0.05, 0) is 30.2 Å². The van der Waals surface area contributed by atoms with E-state index in [1.165, 1.54) is 5.56 Å². The van der Waals surface area contributed by atoms with Crippen LogP contribution in [0, 0.1) is 0 Å². The van der Waals surface area contributed by atoms with Gasteiger partial charge >= 0.3 is 0 Å². The molecule has 0 atom stereocenters. The molecule has 2 aromatic carbocycles. The molecule has 5 heteroatoms. The molecule has 0 bridgehead atoms. The predicted molar refractivity (Wildman–Crippen MR) is 89.7 cm³/mol. The standard InChI is InChI=1S/C18H19N3O2/c1-21-18(23-2)15-9-8-14(12-16(15)20-21)17(22)19-11-10-13-6-4-3-5-7-13/h3-9,12H,10-11H2,1-2H3,(H,19,22). The maximum absolute atomic E-state index is 12.3. The summed E-state index contributed by atoms with van der Waals surface area (Å²) in [7, 11) is 3.43. The van der Waals surface area contributed by atoms with E-state index < -0.39 is 0 Å². The van der Waals surface area contributed by atoms with Gasteiger partial charge in [-0.1, -0.05) is 30.3 Å². The molecule has 0 aliphatic rings. The van der Waals surface area contributed by atoms with Crippen LogP contribution in [0.15, 0.2) is 48.5 Å². The maximum Gasteiger partial charge on any atom is 0.251 e. The van der Waals surface area contributed by atoms with Crippen molar-refractivity contribution >= 4 is 16.8 Å². The number of hydrogen-bond donors (Lipinski definition) is 1. The molecule has 0 spiro atoms. The molecule has 0 radical (unpaired) electrons. The molecular formula is C18H19N3O2. The van der Waals surface area contributed by atoms with Crippen molar-refractivity contribution in [1.29, 1.82) is 0 Å². The molecule has 0 saturated heterocycles. The molecule has 1 amide bonds. The van der Waals surface area contributed by atoms with Crippen molar-refractivity contribution < 1.29 is 9.53 Å². The monoisotopic (exact) mass is 309 g/mol. The molecule has 0 aliphatic carbocycles. The van der Waals surface area contributed by atoms with Gasteiger partial charge in [0.25, 0.3) is 5.91 Å². The summed E-state index contributed by atoms with van der Waals surface area (Å²) < 4.78 is 6.98. The van der Waals surface area contributed by atoms with E-state index in [4.69, 9.17) is 4.74 Å². The molecule has 1 aromatic heterocycles. The molecule has 23 heavy (non-hydrogen) atoms. The highest BCUT2D eigenvalue weighted by Crippen LogP contribution is 2.25. The molecule has 3 rings (SSSR count). The third kappa shape index (κ3) is 3.18. The lowest BCUT2D eigenvalue weighted by molar-refractivity contribution is 0.0954. The molecule has 0 aliphatic heterocycles. The van der Waals surface area contributed by atoms with Gasteiger partial charge in [-0.3, -0.25) is 4.79 Å². The summed E-state index contributed by atoms with van der Waals surface area (Å²) >= 11 is 0. The number of benzene rings is 2. The summed E-state index contributed by atoms with van der Waals surface area (Å²) in [5.41, 5.74) is 2.56. The number of hydrogen-bond acceptors (Lipinski definition) is 3. The largest absolute Gasteiger partial charge is 0.481 e. The van der Waals surface area contributed by atoms with Gasteiger partial charge in [0.05, 0.1) is 18.0 Å². The van der Waals surface area contributed by atoms with Crippen LogP contribution in [-0.2, 0) is 13.5 Å². The summed E-state index contributed by atoms with van der Waals surface area (Å²) in [6, 6.07) is 15.5. The van der Waals surface area contributed by atoms with Crippen molar-refractivity contribution in [1.82, 2.24) is 15.1 Å². The highest BCUT2D eigenvalue weighted by Gasteiger charge is 2.12. The fraction of sp³-hybridized carbons (Fsp3) is 0.222. The van der Waals surface area contributed by atoms with E-state index in [2.05, 4.69) is 22.5 Å². The van der Waals surface area contributed by atoms with Gasteiger partial charge in [0.2, 0.25) is 5.88 Å². The fourth-order valence-corrected chi connectivity index (χ4v) is 2.63. The lowest BCUT2D eigenvalue weighted by atomic mass is 10.1. The summed E-state index contributed by atoms with van der Waals surface area (Å²) in [6.45, 7) is 0.604. The maximum atomic E-state index is 12.3. The molecule has 5 nitrogen and oxygen atoms in total. The number of carbonyl (C=O) groups excluding carboxylic acids is 1. The van der Waals surface area contributed by atoms with Gasteiger partial charge in [0.1, 0.15) is 0 Å². The Morgan fingerprint density at radius 2 is 2.00 bits per heavy atom.